The molecule has 1 aliphatic heterocycles. The van der Waals surface area contributed by atoms with Crippen LogP contribution in [0.1, 0.15) is 24.0 Å². The number of nitrogens with one attached hydrogen (secondary N) is 1. The van der Waals surface area contributed by atoms with Crippen molar-refractivity contribution >= 4 is 30.5 Å². The van der Waals surface area contributed by atoms with E-state index in [0.717, 1.165) is 44.6 Å². The summed E-state index contributed by atoms with van der Waals surface area (Å²) in [7, 11) is 0. The van der Waals surface area contributed by atoms with Gasteiger partial charge in [0, 0.05) is 31.3 Å². The van der Waals surface area contributed by atoms with Gasteiger partial charge in [0.25, 0.3) is 5.69 Å². The van der Waals surface area contributed by atoms with Crippen molar-refractivity contribution in [1.82, 2.24) is 10.2 Å². The average molecular weight is 398 g/mol. The summed E-state index contributed by atoms with van der Waals surface area (Å²) in [6.07, 6.45) is 2.28. The van der Waals surface area contributed by atoms with Crippen LogP contribution in [0, 0.1) is 10.1 Å². The summed E-state index contributed by atoms with van der Waals surface area (Å²) in [5.74, 6) is 0. The molecular formula is C19H25Cl2N3O2. The Morgan fingerprint density at radius 2 is 1.58 bits per heavy atom. The number of nitrogens with zero attached hydrogens (tertiary/aromatic N) is 2. The van der Waals surface area contributed by atoms with Crippen molar-refractivity contribution in [2.75, 3.05) is 13.1 Å². The molecule has 2 aromatic rings. The Morgan fingerprint density at radius 1 is 0.962 bits per heavy atom. The van der Waals surface area contributed by atoms with Crippen LogP contribution in [0.4, 0.5) is 5.69 Å². The summed E-state index contributed by atoms with van der Waals surface area (Å²) >= 11 is 0. The molecular weight excluding hydrogens is 373 g/mol. The highest BCUT2D eigenvalue weighted by Crippen LogP contribution is 2.15. The van der Waals surface area contributed by atoms with Gasteiger partial charge in [0.1, 0.15) is 0 Å². The van der Waals surface area contributed by atoms with Gasteiger partial charge in [0.05, 0.1) is 4.92 Å². The molecule has 3 rings (SSSR count). The summed E-state index contributed by atoms with van der Waals surface area (Å²) in [6, 6.07) is 17.9. The van der Waals surface area contributed by atoms with E-state index >= 15 is 0 Å². The normalized spacial score (nSPS) is 14.9. The number of benzene rings is 2. The average Bonchev–Trinajstić information content (AvgIpc) is 2.62. The Morgan fingerprint density at radius 3 is 2.15 bits per heavy atom. The summed E-state index contributed by atoms with van der Waals surface area (Å²) < 4.78 is 0. The highest BCUT2D eigenvalue weighted by molar-refractivity contribution is 5.85. The van der Waals surface area contributed by atoms with Gasteiger partial charge in [0.2, 0.25) is 0 Å². The first-order valence-corrected chi connectivity index (χ1v) is 8.44. The van der Waals surface area contributed by atoms with Crippen molar-refractivity contribution in [3.8, 4) is 0 Å². The van der Waals surface area contributed by atoms with Gasteiger partial charge in [-0.25, -0.2) is 0 Å². The number of non-ortho nitro benzene ring substituents is 1. The minimum atomic E-state index is -0.361. The first-order valence-electron chi connectivity index (χ1n) is 8.44. The molecule has 1 heterocycles. The molecule has 1 fully saturated rings. The Labute approximate surface area is 166 Å². The molecule has 5 nitrogen and oxygen atoms in total. The zero-order chi connectivity index (χ0) is 16.8. The quantitative estimate of drug-likeness (QED) is 0.586. The zero-order valence-electron chi connectivity index (χ0n) is 14.5. The molecule has 0 atom stereocenters. The van der Waals surface area contributed by atoms with Crippen molar-refractivity contribution in [3.05, 3.63) is 75.8 Å². The molecule has 0 radical (unpaired) electrons. The molecule has 1 N–H and O–H groups in total. The smallest absolute Gasteiger partial charge is 0.269 e. The molecule has 0 bridgehead atoms. The lowest BCUT2D eigenvalue weighted by atomic mass is 10.0. The minimum Gasteiger partial charge on any atom is -0.310 e. The molecule has 0 aliphatic carbocycles. The van der Waals surface area contributed by atoms with Gasteiger partial charge in [-0.05, 0) is 37.1 Å². The van der Waals surface area contributed by atoms with Crippen molar-refractivity contribution in [1.29, 1.82) is 0 Å². The fourth-order valence-corrected chi connectivity index (χ4v) is 3.13. The fourth-order valence-electron chi connectivity index (χ4n) is 3.13. The number of hydrogen-bond donors (Lipinski definition) is 1. The van der Waals surface area contributed by atoms with Gasteiger partial charge in [0.15, 0.2) is 0 Å². The van der Waals surface area contributed by atoms with Crippen LogP contribution in [0.2, 0.25) is 0 Å². The van der Waals surface area contributed by atoms with Gasteiger partial charge < -0.3 is 5.32 Å². The summed E-state index contributed by atoms with van der Waals surface area (Å²) in [4.78, 5) is 12.8. The Bertz CT molecular complexity index is 660. The third kappa shape index (κ3) is 6.57. The Hall–Kier alpha value is -1.66. The van der Waals surface area contributed by atoms with E-state index < -0.39 is 0 Å². The van der Waals surface area contributed by atoms with E-state index in [1.807, 2.05) is 12.1 Å². The monoisotopic (exact) mass is 397 g/mol. The zero-order valence-corrected chi connectivity index (χ0v) is 16.2. The summed E-state index contributed by atoms with van der Waals surface area (Å²) in [5.41, 5.74) is 2.61. The van der Waals surface area contributed by atoms with Crippen LogP contribution < -0.4 is 5.32 Å². The van der Waals surface area contributed by atoms with E-state index in [9.17, 15) is 10.1 Å². The van der Waals surface area contributed by atoms with E-state index in [1.54, 1.807) is 12.1 Å². The van der Waals surface area contributed by atoms with Crippen LogP contribution >= 0.6 is 24.8 Å². The molecule has 1 aliphatic rings. The van der Waals surface area contributed by atoms with E-state index in [1.165, 1.54) is 5.56 Å². The third-order valence-electron chi connectivity index (χ3n) is 4.58. The van der Waals surface area contributed by atoms with Crippen LogP contribution in [0.5, 0.6) is 0 Å². The Balaban J connectivity index is 0.00000169. The topological polar surface area (TPSA) is 58.4 Å². The minimum absolute atomic E-state index is 0. The molecule has 0 aromatic heterocycles. The van der Waals surface area contributed by atoms with Gasteiger partial charge in [-0.1, -0.05) is 42.5 Å². The van der Waals surface area contributed by atoms with Crippen LogP contribution in [0.25, 0.3) is 0 Å². The van der Waals surface area contributed by atoms with Gasteiger partial charge in [-0.2, -0.15) is 0 Å². The maximum atomic E-state index is 10.7. The molecule has 0 saturated carbocycles. The maximum absolute atomic E-state index is 10.7. The number of nitro groups is 1. The largest absolute Gasteiger partial charge is 0.310 e. The number of nitro benzene ring substituents is 1. The van der Waals surface area contributed by atoms with Crippen LogP contribution in [0.15, 0.2) is 54.6 Å². The van der Waals surface area contributed by atoms with E-state index in [2.05, 4.69) is 40.5 Å². The molecule has 1 saturated heterocycles. The molecule has 0 spiro atoms. The van der Waals surface area contributed by atoms with Crippen molar-refractivity contribution in [2.24, 2.45) is 0 Å². The van der Waals surface area contributed by atoms with Crippen molar-refractivity contribution in [3.63, 3.8) is 0 Å². The molecule has 0 amide bonds. The van der Waals surface area contributed by atoms with Gasteiger partial charge in [-0.3, -0.25) is 15.0 Å². The van der Waals surface area contributed by atoms with Crippen molar-refractivity contribution in [2.45, 2.75) is 32.0 Å². The number of rotatable bonds is 6. The first kappa shape index (κ1) is 22.4. The molecule has 2 aromatic carbocycles. The SMILES string of the molecule is Cl.Cl.O=[N+]([O-])c1ccc(CNC2CCN(Cc3ccccc3)CC2)cc1. The van der Waals surface area contributed by atoms with E-state index in [4.69, 9.17) is 0 Å². The second-order valence-electron chi connectivity index (χ2n) is 6.34. The second kappa shape index (κ2) is 11.1. The van der Waals surface area contributed by atoms with Crippen molar-refractivity contribution < 1.29 is 4.92 Å². The van der Waals surface area contributed by atoms with Gasteiger partial charge >= 0.3 is 0 Å². The number of likely N-dealkylation sites (tertiary alicyclic amines) is 1. The number of piperidine rings is 1. The van der Waals surface area contributed by atoms with Crippen LogP contribution in [0.3, 0.4) is 0 Å². The predicted octanol–water partition coefficient (Wildman–Crippen LogP) is 4.19. The molecule has 0 unspecified atom stereocenters. The standard InChI is InChI=1S/C19H23N3O2.2ClH/c23-22(24)19-8-6-16(7-9-19)14-20-18-10-12-21(13-11-18)15-17-4-2-1-3-5-17;;/h1-9,18,20H,10-15H2;2*1H. The Kier molecular flexibility index (Phi) is 9.59. The van der Waals surface area contributed by atoms with E-state index in [-0.39, 0.29) is 35.4 Å². The summed E-state index contributed by atoms with van der Waals surface area (Å²) in [6.45, 7) is 4.00. The van der Waals surface area contributed by atoms with Gasteiger partial charge in [-0.15, -0.1) is 24.8 Å². The lowest BCUT2D eigenvalue weighted by Crippen LogP contribution is -2.41. The van der Waals surface area contributed by atoms with E-state index in [0.29, 0.717) is 6.04 Å². The molecule has 142 valence electrons. The first-order chi connectivity index (χ1) is 11.7. The fraction of sp³-hybridized carbons (Fsp3) is 0.368. The highest BCUT2D eigenvalue weighted by atomic mass is 35.5. The number of halogens is 2. The molecule has 7 heteroatoms. The lowest BCUT2D eigenvalue weighted by molar-refractivity contribution is -0.384. The second-order valence-corrected chi connectivity index (χ2v) is 6.34. The lowest BCUT2D eigenvalue weighted by Gasteiger charge is -2.32. The van der Waals surface area contributed by atoms with Crippen LogP contribution in [-0.4, -0.2) is 29.0 Å². The highest BCUT2D eigenvalue weighted by Gasteiger charge is 2.18. The predicted molar refractivity (Wildman–Crippen MR) is 109 cm³/mol. The number of hydrogen-bond acceptors (Lipinski definition) is 4. The maximum Gasteiger partial charge on any atom is 0.269 e. The molecule has 26 heavy (non-hydrogen) atoms. The summed E-state index contributed by atoms with van der Waals surface area (Å²) in [5, 5.41) is 14.2. The van der Waals surface area contributed by atoms with Crippen LogP contribution in [-0.2, 0) is 13.1 Å². The third-order valence-corrected chi connectivity index (χ3v) is 4.58.